The molecule has 0 aliphatic carbocycles. The second-order valence-corrected chi connectivity index (χ2v) is 6.70. The quantitative estimate of drug-likeness (QED) is 0.900. The van der Waals surface area contributed by atoms with E-state index in [0.717, 1.165) is 4.31 Å². The fourth-order valence-corrected chi connectivity index (χ4v) is 4.36. The Bertz CT molecular complexity index is 678. The Morgan fingerprint density at radius 1 is 1.55 bits per heavy atom. The molecule has 7 heteroatoms. The van der Waals surface area contributed by atoms with Crippen LogP contribution in [0, 0.1) is 11.3 Å². The lowest BCUT2D eigenvalue weighted by atomic mass is 10.0. The van der Waals surface area contributed by atoms with E-state index in [2.05, 4.69) is 0 Å². The maximum absolute atomic E-state index is 12.0. The third-order valence-corrected chi connectivity index (χ3v) is 5.41. The molecular formula is C13H14N2O4S. The number of sulfonamides is 1. The molecule has 0 amide bonds. The molecule has 20 heavy (non-hydrogen) atoms. The molecule has 6 nitrogen and oxygen atoms in total. The van der Waals surface area contributed by atoms with Gasteiger partial charge in [0, 0.05) is 6.04 Å². The van der Waals surface area contributed by atoms with Crippen LogP contribution < -0.4 is 0 Å². The lowest BCUT2D eigenvalue weighted by Crippen LogP contribution is -2.40. The van der Waals surface area contributed by atoms with E-state index >= 15 is 0 Å². The molecule has 1 fully saturated rings. The third-order valence-electron chi connectivity index (χ3n) is 3.44. The molecule has 106 valence electrons. The van der Waals surface area contributed by atoms with Gasteiger partial charge in [0.2, 0.25) is 10.0 Å². The van der Waals surface area contributed by atoms with E-state index in [1.165, 1.54) is 0 Å². The van der Waals surface area contributed by atoms with Gasteiger partial charge >= 0.3 is 5.97 Å². The van der Waals surface area contributed by atoms with Crippen molar-refractivity contribution in [3.8, 4) is 6.07 Å². The normalized spacial score (nSPS) is 23.1. The predicted octanol–water partition coefficient (Wildman–Crippen LogP) is 1.11. The summed E-state index contributed by atoms with van der Waals surface area (Å²) < 4.78 is 25.1. The Morgan fingerprint density at radius 3 is 2.85 bits per heavy atom. The first-order valence-electron chi connectivity index (χ1n) is 6.11. The number of rotatable bonds is 3. The Kier molecular flexibility index (Phi) is 3.79. The molecule has 2 rings (SSSR count). The standard InChI is InChI=1S/C13H14N2O4S/c1-9(11-4-2-3-10(7-11)8-14)15-12(13(16)17)5-6-20(15,18)19/h2-4,7,9,12H,5-6H2,1H3,(H,16,17)/t9?,12-/m0/s1. The summed E-state index contributed by atoms with van der Waals surface area (Å²) in [6.45, 7) is 1.63. The molecule has 0 spiro atoms. The smallest absolute Gasteiger partial charge is 0.322 e. The zero-order valence-corrected chi connectivity index (χ0v) is 11.7. The summed E-state index contributed by atoms with van der Waals surface area (Å²) in [5.41, 5.74) is 1.03. The molecule has 1 saturated heterocycles. The summed E-state index contributed by atoms with van der Waals surface area (Å²) in [7, 11) is -3.58. The van der Waals surface area contributed by atoms with Gasteiger partial charge in [0.25, 0.3) is 0 Å². The van der Waals surface area contributed by atoms with Gasteiger partial charge in [-0.15, -0.1) is 0 Å². The minimum Gasteiger partial charge on any atom is -0.480 e. The van der Waals surface area contributed by atoms with Gasteiger partial charge in [0.05, 0.1) is 17.4 Å². The van der Waals surface area contributed by atoms with Crippen molar-refractivity contribution in [1.29, 1.82) is 5.26 Å². The number of nitrogens with zero attached hydrogens (tertiary/aromatic N) is 2. The number of hydrogen-bond acceptors (Lipinski definition) is 4. The number of carbonyl (C=O) groups is 1. The van der Waals surface area contributed by atoms with Crippen molar-refractivity contribution in [1.82, 2.24) is 4.31 Å². The molecule has 1 aliphatic heterocycles. The largest absolute Gasteiger partial charge is 0.480 e. The highest BCUT2D eigenvalue weighted by atomic mass is 32.2. The maximum Gasteiger partial charge on any atom is 0.322 e. The molecule has 1 aromatic carbocycles. The van der Waals surface area contributed by atoms with Crippen molar-refractivity contribution < 1.29 is 18.3 Å². The average Bonchev–Trinajstić information content (AvgIpc) is 2.73. The lowest BCUT2D eigenvalue weighted by Gasteiger charge is -2.27. The van der Waals surface area contributed by atoms with Crippen LogP contribution >= 0.6 is 0 Å². The third kappa shape index (κ3) is 2.53. The second-order valence-electron chi connectivity index (χ2n) is 4.70. The SMILES string of the molecule is CC(c1cccc(C#N)c1)N1[C@H](C(=O)O)CCS1(=O)=O. The van der Waals surface area contributed by atoms with Crippen LogP contribution in [0.1, 0.15) is 30.5 Å². The van der Waals surface area contributed by atoms with Crippen LogP contribution in [0.15, 0.2) is 24.3 Å². The number of hydrogen-bond donors (Lipinski definition) is 1. The predicted molar refractivity (Wildman–Crippen MR) is 71.2 cm³/mol. The number of nitriles is 1. The van der Waals surface area contributed by atoms with Gasteiger partial charge in [-0.2, -0.15) is 9.57 Å². The Balaban J connectivity index is 2.42. The highest BCUT2D eigenvalue weighted by Crippen LogP contribution is 2.32. The molecule has 0 bridgehead atoms. The molecule has 1 unspecified atom stereocenters. The van der Waals surface area contributed by atoms with Crippen LogP contribution in [0.3, 0.4) is 0 Å². The van der Waals surface area contributed by atoms with E-state index < -0.39 is 28.1 Å². The zero-order valence-electron chi connectivity index (χ0n) is 10.9. The Hall–Kier alpha value is -1.91. The van der Waals surface area contributed by atoms with Gasteiger partial charge in [0.15, 0.2) is 0 Å². The van der Waals surface area contributed by atoms with Crippen molar-refractivity contribution in [3.63, 3.8) is 0 Å². The van der Waals surface area contributed by atoms with Crippen molar-refractivity contribution in [3.05, 3.63) is 35.4 Å². The molecule has 1 heterocycles. The average molecular weight is 294 g/mol. The fraction of sp³-hybridized carbons (Fsp3) is 0.385. The summed E-state index contributed by atoms with van der Waals surface area (Å²) >= 11 is 0. The molecule has 0 aromatic heterocycles. The van der Waals surface area contributed by atoms with E-state index in [-0.39, 0.29) is 12.2 Å². The van der Waals surface area contributed by atoms with Crippen LogP contribution in [0.4, 0.5) is 0 Å². The summed E-state index contributed by atoms with van der Waals surface area (Å²) in [5, 5.41) is 18.0. The lowest BCUT2D eigenvalue weighted by molar-refractivity contribution is -0.141. The molecule has 0 radical (unpaired) electrons. The topological polar surface area (TPSA) is 98.5 Å². The first-order valence-corrected chi connectivity index (χ1v) is 7.72. The van der Waals surface area contributed by atoms with Gasteiger partial charge in [0.1, 0.15) is 6.04 Å². The zero-order chi connectivity index (χ0) is 14.9. The van der Waals surface area contributed by atoms with Gasteiger partial charge in [-0.25, -0.2) is 8.42 Å². The first kappa shape index (κ1) is 14.5. The minimum absolute atomic E-state index is 0.0833. The minimum atomic E-state index is -3.58. The fourth-order valence-electron chi connectivity index (χ4n) is 2.45. The van der Waals surface area contributed by atoms with E-state index in [4.69, 9.17) is 10.4 Å². The highest BCUT2D eigenvalue weighted by Gasteiger charge is 2.44. The van der Waals surface area contributed by atoms with Crippen molar-refractivity contribution in [2.45, 2.75) is 25.4 Å². The summed E-state index contributed by atoms with van der Waals surface area (Å²) in [6.07, 6.45) is 0.0833. The Labute approximate surface area is 117 Å². The molecular weight excluding hydrogens is 280 g/mol. The molecule has 1 aliphatic rings. The summed E-state index contributed by atoms with van der Waals surface area (Å²) in [5.74, 6) is -1.30. The van der Waals surface area contributed by atoms with Gasteiger partial charge in [-0.1, -0.05) is 12.1 Å². The van der Waals surface area contributed by atoms with Gasteiger partial charge in [-0.3, -0.25) is 4.79 Å². The van der Waals surface area contributed by atoms with E-state index in [1.807, 2.05) is 6.07 Å². The van der Waals surface area contributed by atoms with Gasteiger partial charge in [-0.05, 0) is 31.0 Å². The van der Waals surface area contributed by atoms with E-state index in [0.29, 0.717) is 11.1 Å². The number of aliphatic carboxylic acids is 1. The summed E-state index contributed by atoms with van der Waals surface area (Å²) in [6, 6.07) is 6.87. The summed E-state index contributed by atoms with van der Waals surface area (Å²) in [4.78, 5) is 11.2. The van der Waals surface area contributed by atoms with E-state index in [1.54, 1.807) is 31.2 Å². The monoisotopic (exact) mass is 294 g/mol. The van der Waals surface area contributed by atoms with Crippen LogP contribution in [-0.2, 0) is 14.8 Å². The number of carboxylic acid groups (broad SMARTS) is 1. The molecule has 0 saturated carbocycles. The number of carboxylic acids is 1. The highest BCUT2D eigenvalue weighted by molar-refractivity contribution is 7.89. The van der Waals surface area contributed by atoms with Crippen LogP contribution in [0.5, 0.6) is 0 Å². The van der Waals surface area contributed by atoms with E-state index in [9.17, 15) is 13.2 Å². The van der Waals surface area contributed by atoms with Crippen LogP contribution in [0.2, 0.25) is 0 Å². The van der Waals surface area contributed by atoms with Crippen LogP contribution in [-0.4, -0.2) is 35.6 Å². The molecule has 1 N–H and O–H groups in total. The van der Waals surface area contributed by atoms with Crippen molar-refractivity contribution >= 4 is 16.0 Å². The number of benzene rings is 1. The molecule has 2 atom stereocenters. The molecule has 1 aromatic rings. The first-order chi connectivity index (χ1) is 9.36. The second kappa shape index (κ2) is 5.23. The maximum atomic E-state index is 12.0. The Morgan fingerprint density at radius 2 is 2.25 bits per heavy atom. The van der Waals surface area contributed by atoms with Gasteiger partial charge < -0.3 is 5.11 Å². The van der Waals surface area contributed by atoms with Crippen molar-refractivity contribution in [2.75, 3.05) is 5.75 Å². The van der Waals surface area contributed by atoms with Crippen molar-refractivity contribution in [2.24, 2.45) is 0 Å². The van der Waals surface area contributed by atoms with Crippen LogP contribution in [0.25, 0.3) is 0 Å².